The summed E-state index contributed by atoms with van der Waals surface area (Å²) in [6, 6.07) is 9.83. The van der Waals surface area contributed by atoms with E-state index in [1.165, 1.54) is 11.8 Å². The monoisotopic (exact) mass is 210 g/mol. The van der Waals surface area contributed by atoms with E-state index in [-0.39, 0.29) is 11.2 Å². The molecule has 1 unspecified atom stereocenters. The van der Waals surface area contributed by atoms with Crippen molar-refractivity contribution in [2.45, 2.75) is 23.5 Å². The molecule has 76 valence electrons. The van der Waals surface area contributed by atoms with E-state index in [2.05, 4.69) is 5.43 Å². The minimum atomic E-state index is -0.124. The number of rotatable bonds is 4. The zero-order chi connectivity index (χ0) is 10.4. The Bertz CT molecular complexity index is 289. The Balaban J connectivity index is 2.62. The van der Waals surface area contributed by atoms with Crippen molar-refractivity contribution in [1.82, 2.24) is 5.43 Å². The van der Waals surface area contributed by atoms with Crippen LogP contribution in [-0.4, -0.2) is 11.2 Å². The van der Waals surface area contributed by atoms with Crippen LogP contribution in [-0.2, 0) is 4.79 Å². The number of amides is 1. The molecule has 0 saturated heterocycles. The molecular weight excluding hydrogens is 196 g/mol. The molecule has 1 aromatic rings. The molecule has 0 aromatic heterocycles. The second-order valence-electron chi connectivity index (χ2n) is 2.84. The number of hydrogen-bond acceptors (Lipinski definition) is 3. The minimum Gasteiger partial charge on any atom is -0.293 e. The van der Waals surface area contributed by atoms with Crippen LogP contribution < -0.4 is 11.3 Å². The van der Waals surface area contributed by atoms with Gasteiger partial charge in [0.1, 0.15) is 0 Å². The lowest BCUT2D eigenvalue weighted by molar-refractivity contribution is -0.120. The molecule has 14 heavy (non-hydrogen) atoms. The number of nitrogens with two attached hydrogens (primary N) is 1. The van der Waals surface area contributed by atoms with E-state index in [0.29, 0.717) is 0 Å². The number of hydrazine groups is 1. The van der Waals surface area contributed by atoms with Gasteiger partial charge in [-0.3, -0.25) is 10.2 Å². The smallest absolute Gasteiger partial charge is 0.247 e. The Morgan fingerprint density at radius 3 is 2.64 bits per heavy atom. The Kier molecular flexibility index (Phi) is 4.49. The molecule has 4 heteroatoms. The second-order valence-corrected chi connectivity index (χ2v) is 4.11. The lowest BCUT2D eigenvalue weighted by atomic mass is 10.3. The maximum Gasteiger partial charge on any atom is 0.247 e. The van der Waals surface area contributed by atoms with Crippen molar-refractivity contribution in [1.29, 1.82) is 0 Å². The normalized spacial score (nSPS) is 12.1. The molecule has 1 aromatic carbocycles. The third kappa shape index (κ3) is 3.05. The Morgan fingerprint density at radius 2 is 2.14 bits per heavy atom. The quantitative estimate of drug-likeness (QED) is 0.343. The molecule has 1 rings (SSSR count). The van der Waals surface area contributed by atoms with Crippen molar-refractivity contribution in [2.24, 2.45) is 5.84 Å². The first-order valence-electron chi connectivity index (χ1n) is 4.50. The number of thioether (sulfide) groups is 1. The van der Waals surface area contributed by atoms with Crippen molar-refractivity contribution < 1.29 is 4.79 Å². The molecule has 3 nitrogen and oxygen atoms in total. The fourth-order valence-corrected chi connectivity index (χ4v) is 2.06. The fraction of sp³-hybridized carbons (Fsp3) is 0.300. The predicted octanol–water partition coefficient (Wildman–Crippen LogP) is 1.55. The zero-order valence-corrected chi connectivity index (χ0v) is 8.88. The van der Waals surface area contributed by atoms with E-state index < -0.39 is 0 Å². The average molecular weight is 210 g/mol. The second kappa shape index (κ2) is 5.67. The van der Waals surface area contributed by atoms with Gasteiger partial charge in [-0.25, -0.2) is 5.84 Å². The van der Waals surface area contributed by atoms with Crippen molar-refractivity contribution in [3.63, 3.8) is 0 Å². The lowest BCUT2D eigenvalue weighted by Gasteiger charge is -2.11. The fourth-order valence-electron chi connectivity index (χ4n) is 1.08. The van der Waals surface area contributed by atoms with E-state index >= 15 is 0 Å². The van der Waals surface area contributed by atoms with Crippen molar-refractivity contribution >= 4 is 17.7 Å². The van der Waals surface area contributed by atoms with Crippen LogP contribution in [0.3, 0.4) is 0 Å². The van der Waals surface area contributed by atoms with E-state index in [4.69, 9.17) is 5.84 Å². The Labute approximate surface area is 88.0 Å². The van der Waals surface area contributed by atoms with E-state index in [1.54, 1.807) is 0 Å². The summed E-state index contributed by atoms with van der Waals surface area (Å²) in [5.41, 5.74) is 2.18. The Morgan fingerprint density at radius 1 is 1.50 bits per heavy atom. The summed E-state index contributed by atoms with van der Waals surface area (Å²) < 4.78 is 0. The van der Waals surface area contributed by atoms with Gasteiger partial charge >= 0.3 is 0 Å². The summed E-state index contributed by atoms with van der Waals surface area (Å²) in [4.78, 5) is 12.4. The van der Waals surface area contributed by atoms with Crippen LogP contribution in [0, 0.1) is 0 Å². The summed E-state index contributed by atoms with van der Waals surface area (Å²) in [5, 5.41) is -0.109. The molecule has 0 bridgehead atoms. The third-order valence-corrected chi connectivity index (χ3v) is 3.20. The summed E-state index contributed by atoms with van der Waals surface area (Å²) in [7, 11) is 0. The first kappa shape index (κ1) is 11.1. The summed E-state index contributed by atoms with van der Waals surface area (Å²) in [6.45, 7) is 1.97. The first-order chi connectivity index (χ1) is 6.77. The number of benzene rings is 1. The lowest BCUT2D eigenvalue weighted by Crippen LogP contribution is -2.37. The zero-order valence-electron chi connectivity index (χ0n) is 8.07. The van der Waals surface area contributed by atoms with E-state index in [0.717, 1.165) is 11.3 Å². The van der Waals surface area contributed by atoms with Crippen LogP contribution >= 0.6 is 11.8 Å². The molecule has 0 aliphatic carbocycles. The van der Waals surface area contributed by atoms with Gasteiger partial charge in [0.15, 0.2) is 0 Å². The van der Waals surface area contributed by atoms with Gasteiger partial charge in [0, 0.05) is 4.90 Å². The van der Waals surface area contributed by atoms with Crippen molar-refractivity contribution in [3.05, 3.63) is 30.3 Å². The van der Waals surface area contributed by atoms with Gasteiger partial charge in [-0.05, 0) is 18.6 Å². The standard InChI is InChI=1S/C10H14N2OS/c1-2-9(10(13)12-11)14-8-6-4-3-5-7-8/h3-7,9H,2,11H2,1H3,(H,12,13). The molecule has 1 amide bonds. The van der Waals surface area contributed by atoms with Crippen LogP contribution in [0.15, 0.2) is 35.2 Å². The number of hydrogen-bond donors (Lipinski definition) is 2. The van der Waals surface area contributed by atoms with E-state index in [1.807, 2.05) is 37.3 Å². The molecule has 3 N–H and O–H groups in total. The van der Waals surface area contributed by atoms with E-state index in [9.17, 15) is 4.79 Å². The summed E-state index contributed by atoms with van der Waals surface area (Å²) >= 11 is 1.53. The largest absolute Gasteiger partial charge is 0.293 e. The maximum atomic E-state index is 11.3. The highest BCUT2D eigenvalue weighted by Crippen LogP contribution is 2.24. The SMILES string of the molecule is CCC(Sc1ccccc1)C(=O)NN. The summed E-state index contributed by atoms with van der Waals surface area (Å²) in [6.07, 6.45) is 0.766. The average Bonchev–Trinajstić information content (AvgIpc) is 2.26. The molecule has 0 fully saturated rings. The number of nitrogens with one attached hydrogen (secondary N) is 1. The molecular formula is C10H14N2OS. The predicted molar refractivity (Wildman–Crippen MR) is 58.7 cm³/mol. The summed E-state index contributed by atoms with van der Waals surface area (Å²) in [5.74, 6) is 4.97. The molecule has 0 spiro atoms. The molecule has 0 aliphatic heterocycles. The highest BCUT2D eigenvalue weighted by molar-refractivity contribution is 8.00. The topological polar surface area (TPSA) is 55.1 Å². The number of carbonyl (C=O) groups is 1. The first-order valence-corrected chi connectivity index (χ1v) is 5.38. The Hall–Kier alpha value is -1.00. The van der Waals surface area contributed by atoms with Crippen molar-refractivity contribution in [2.75, 3.05) is 0 Å². The van der Waals surface area contributed by atoms with Crippen LogP contribution in [0.2, 0.25) is 0 Å². The van der Waals surface area contributed by atoms with Gasteiger partial charge in [-0.1, -0.05) is 25.1 Å². The van der Waals surface area contributed by atoms with Gasteiger partial charge in [0.2, 0.25) is 5.91 Å². The van der Waals surface area contributed by atoms with Gasteiger partial charge in [0.25, 0.3) is 0 Å². The maximum absolute atomic E-state index is 11.3. The van der Waals surface area contributed by atoms with Crippen LogP contribution in [0.1, 0.15) is 13.3 Å². The van der Waals surface area contributed by atoms with Crippen LogP contribution in [0.25, 0.3) is 0 Å². The molecule has 1 atom stereocenters. The van der Waals surface area contributed by atoms with Gasteiger partial charge in [-0.15, -0.1) is 11.8 Å². The molecule has 0 aliphatic rings. The van der Waals surface area contributed by atoms with Gasteiger partial charge in [0.05, 0.1) is 5.25 Å². The molecule has 0 heterocycles. The highest BCUT2D eigenvalue weighted by atomic mass is 32.2. The highest BCUT2D eigenvalue weighted by Gasteiger charge is 2.15. The molecule has 0 radical (unpaired) electrons. The van der Waals surface area contributed by atoms with Crippen molar-refractivity contribution in [3.8, 4) is 0 Å². The van der Waals surface area contributed by atoms with Gasteiger partial charge < -0.3 is 0 Å². The number of carbonyl (C=O) groups excluding carboxylic acids is 1. The van der Waals surface area contributed by atoms with Crippen LogP contribution in [0.4, 0.5) is 0 Å². The molecule has 0 saturated carbocycles. The minimum absolute atomic E-state index is 0.109. The van der Waals surface area contributed by atoms with Crippen LogP contribution in [0.5, 0.6) is 0 Å². The third-order valence-electron chi connectivity index (χ3n) is 1.83. The van der Waals surface area contributed by atoms with Gasteiger partial charge in [-0.2, -0.15) is 0 Å².